The van der Waals surface area contributed by atoms with Gasteiger partial charge in [-0.1, -0.05) is 19.9 Å². The van der Waals surface area contributed by atoms with Crippen LogP contribution in [0.1, 0.15) is 19.5 Å². The second kappa shape index (κ2) is 5.09. The molecule has 1 heterocycles. The fraction of sp³-hybridized carbons (Fsp3) is 0.267. The van der Waals surface area contributed by atoms with Crippen molar-refractivity contribution in [3.05, 3.63) is 54.0 Å². The SMILES string of the molecule is CC(C)Cc1cccc(-c2ccc(F)cc2)n1. The van der Waals surface area contributed by atoms with Crippen molar-refractivity contribution in [3.8, 4) is 11.3 Å². The molecule has 0 aliphatic heterocycles. The minimum atomic E-state index is -0.216. The summed E-state index contributed by atoms with van der Waals surface area (Å²) in [5.74, 6) is 0.373. The largest absolute Gasteiger partial charge is 0.253 e. The molecule has 1 aromatic carbocycles. The quantitative estimate of drug-likeness (QED) is 0.772. The Morgan fingerprint density at radius 3 is 2.41 bits per heavy atom. The van der Waals surface area contributed by atoms with E-state index in [9.17, 15) is 4.39 Å². The third-order valence-corrected chi connectivity index (χ3v) is 2.56. The van der Waals surface area contributed by atoms with Crippen LogP contribution in [0, 0.1) is 11.7 Å². The summed E-state index contributed by atoms with van der Waals surface area (Å²) in [5.41, 5.74) is 2.95. The van der Waals surface area contributed by atoms with E-state index in [2.05, 4.69) is 18.8 Å². The molecule has 0 bridgehead atoms. The van der Waals surface area contributed by atoms with E-state index in [1.165, 1.54) is 12.1 Å². The molecule has 0 amide bonds. The molecule has 0 radical (unpaired) electrons. The highest BCUT2D eigenvalue weighted by atomic mass is 19.1. The zero-order valence-electron chi connectivity index (χ0n) is 10.2. The molecule has 1 nitrogen and oxygen atoms in total. The van der Waals surface area contributed by atoms with Gasteiger partial charge in [0.15, 0.2) is 0 Å². The molecule has 0 saturated carbocycles. The number of nitrogens with zero attached hydrogens (tertiary/aromatic N) is 1. The van der Waals surface area contributed by atoms with Gasteiger partial charge in [-0.05, 0) is 48.7 Å². The van der Waals surface area contributed by atoms with Gasteiger partial charge in [0.1, 0.15) is 5.82 Å². The van der Waals surface area contributed by atoms with Gasteiger partial charge in [0.05, 0.1) is 5.69 Å². The number of benzene rings is 1. The highest BCUT2D eigenvalue weighted by Gasteiger charge is 2.03. The molecule has 0 aliphatic rings. The van der Waals surface area contributed by atoms with Gasteiger partial charge in [-0.15, -0.1) is 0 Å². The van der Waals surface area contributed by atoms with Gasteiger partial charge in [0.2, 0.25) is 0 Å². The Balaban J connectivity index is 2.29. The first-order valence-corrected chi connectivity index (χ1v) is 5.87. The van der Waals surface area contributed by atoms with Crippen molar-refractivity contribution in [3.63, 3.8) is 0 Å². The molecule has 2 aromatic rings. The van der Waals surface area contributed by atoms with Crippen molar-refractivity contribution < 1.29 is 4.39 Å². The van der Waals surface area contributed by atoms with Crippen LogP contribution in [0.3, 0.4) is 0 Å². The lowest BCUT2D eigenvalue weighted by Crippen LogP contribution is -1.98. The standard InChI is InChI=1S/C15H16FN/c1-11(2)10-14-4-3-5-15(17-14)12-6-8-13(16)9-7-12/h3-9,11H,10H2,1-2H3. The third-order valence-electron chi connectivity index (χ3n) is 2.56. The van der Waals surface area contributed by atoms with E-state index in [0.717, 1.165) is 23.4 Å². The fourth-order valence-corrected chi connectivity index (χ4v) is 1.79. The fourth-order valence-electron chi connectivity index (χ4n) is 1.79. The van der Waals surface area contributed by atoms with Crippen LogP contribution in [0.5, 0.6) is 0 Å². The Morgan fingerprint density at radius 2 is 1.76 bits per heavy atom. The van der Waals surface area contributed by atoms with Crippen molar-refractivity contribution in [1.29, 1.82) is 0 Å². The van der Waals surface area contributed by atoms with Crippen LogP contribution in [0.25, 0.3) is 11.3 Å². The number of hydrogen-bond acceptors (Lipinski definition) is 1. The summed E-state index contributed by atoms with van der Waals surface area (Å²) in [6, 6.07) is 12.4. The van der Waals surface area contributed by atoms with Gasteiger partial charge < -0.3 is 0 Å². The van der Waals surface area contributed by atoms with Crippen molar-refractivity contribution in [2.24, 2.45) is 5.92 Å². The van der Waals surface area contributed by atoms with E-state index in [0.29, 0.717) is 5.92 Å². The maximum absolute atomic E-state index is 12.8. The summed E-state index contributed by atoms with van der Waals surface area (Å²) in [6.07, 6.45) is 0.967. The molecule has 0 aliphatic carbocycles. The highest BCUT2D eigenvalue weighted by molar-refractivity contribution is 5.58. The van der Waals surface area contributed by atoms with E-state index in [4.69, 9.17) is 0 Å². The number of aromatic nitrogens is 1. The first-order chi connectivity index (χ1) is 8.15. The van der Waals surface area contributed by atoms with E-state index in [1.807, 2.05) is 18.2 Å². The van der Waals surface area contributed by atoms with Crippen molar-refractivity contribution in [2.45, 2.75) is 20.3 Å². The number of hydrogen-bond donors (Lipinski definition) is 0. The van der Waals surface area contributed by atoms with Crippen LogP contribution in [0.15, 0.2) is 42.5 Å². The van der Waals surface area contributed by atoms with E-state index in [1.54, 1.807) is 12.1 Å². The van der Waals surface area contributed by atoms with Crippen molar-refractivity contribution >= 4 is 0 Å². The summed E-state index contributed by atoms with van der Waals surface area (Å²) in [5, 5.41) is 0. The lowest BCUT2D eigenvalue weighted by atomic mass is 10.1. The Bertz CT molecular complexity index is 489. The second-order valence-corrected chi connectivity index (χ2v) is 4.62. The molecule has 0 spiro atoms. The molecule has 0 unspecified atom stereocenters. The summed E-state index contributed by atoms with van der Waals surface area (Å²) >= 11 is 0. The zero-order chi connectivity index (χ0) is 12.3. The molecule has 0 fully saturated rings. The minimum absolute atomic E-state index is 0.216. The van der Waals surface area contributed by atoms with Gasteiger partial charge in [-0.3, -0.25) is 4.98 Å². The Labute approximate surface area is 101 Å². The summed E-state index contributed by atoms with van der Waals surface area (Å²) < 4.78 is 12.8. The Hall–Kier alpha value is -1.70. The predicted octanol–water partition coefficient (Wildman–Crippen LogP) is 4.09. The molecule has 17 heavy (non-hydrogen) atoms. The average molecular weight is 229 g/mol. The van der Waals surface area contributed by atoms with Crippen molar-refractivity contribution in [1.82, 2.24) is 4.98 Å². The summed E-state index contributed by atoms with van der Waals surface area (Å²) in [6.45, 7) is 4.35. The summed E-state index contributed by atoms with van der Waals surface area (Å²) in [4.78, 5) is 4.59. The van der Waals surface area contributed by atoms with Crippen LogP contribution in [-0.4, -0.2) is 4.98 Å². The first-order valence-electron chi connectivity index (χ1n) is 5.87. The molecule has 0 saturated heterocycles. The molecule has 1 aromatic heterocycles. The van der Waals surface area contributed by atoms with E-state index >= 15 is 0 Å². The highest BCUT2D eigenvalue weighted by Crippen LogP contribution is 2.18. The molecule has 0 N–H and O–H groups in total. The van der Waals surface area contributed by atoms with Gasteiger partial charge in [-0.2, -0.15) is 0 Å². The van der Waals surface area contributed by atoms with E-state index in [-0.39, 0.29) is 5.82 Å². The zero-order valence-corrected chi connectivity index (χ0v) is 10.2. The molecular weight excluding hydrogens is 213 g/mol. The third kappa shape index (κ3) is 3.13. The van der Waals surface area contributed by atoms with E-state index < -0.39 is 0 Å². The first kappa shape index (κ1) is 11.8. The molecular formula is C15H16FN. The lowest BCUT2D eigenvalue weighted by molar-refractivity contribution is 0.628. The molecule has 0 atom stereocenters. The second-order valence-electron chi connectivity index (χ2n) is 4.62. The van der Waals surface area contributed by atoms with Crippen LogP contribution < -0.4 is 0 Å². The molecule has 2 heteroatoms. The van der Waals surface area contributed by atoms with Crippen LogP contribution in [-0.2, 0) is 6.42 Å². The normalized spacial score (nSPS) is 10.8. The predicted molar refractivity (Wildman–Crippen MR) is 68.2 cm³/mol. The smallest absolute Gasteiger partial charge is 0.123 e. The minimum Gasteiger partial charge on any atom is -0.253 e. The van der Waals surface area contributed by atoms with Gasteiger partial charge in [0, 0.05) is 11.3 Å². The Kier molecular flexibility index (Phi) is 3.52. The van der Waals surface area contributed by atoms with Crippen molar-refractivity contribution in [2.75, 3.05) is 0 Å². The van der Waals surface area contributed by atoms with Gasteiger partial charge in [0.25, 0.3) is 0 Å². The van der Waals surface area contributed by atoms with Gasteiger partial charge >= 0.3 is 0 Å². The number of pyridine rings is 1. The maximum atomic E-state index is 12.8. The molecule has 2 rings (SSSR count). The monoisotopic (exact) mass is 229 g/mol. The summed E-state index contributed by atoms with van der Waals surface area (Å²) in [7, 11) is 0. The van der Waals surface area contributed by atoms with Crippen LogP contribution >= 0.6 is 0 Å². The number of halogens is 1. The topological polar surface area (TPSA) is 12.9 Å². The lowest BCUT2D eigenvalue weighted by Gasteiger charge is -2.06. The van der Waals surface area contributed by atoms with Crippen LogP contribution in [0.4, 0.5) is 4.39 Å². The molecule has 88 valence electrons. The number of rotatable bonds is 3. The maximum Gasteiger partial charge on any atom is 0.123 e. The Morgan fingerprint density at radius 1 is 1.06 bits per heavy atom. The average Bonchev–Trinajstić information content (AvgIpc) is 2.29. The van der Waals surface area contributed by atoms with Gasteiger partial charge in [-0.25, -0.2) is 4.39 Å². The van der Waals surface area contributed by atoms with Crippen LogP contribution in [0.2, 0.25) is 0 Å².